The van der Waals surface area contributed by atoms with E-state index in [4.69, 9.17) is 0 Å². The average molecular weight is 337 g/mol. The van der Waals surface area contributed by atoms with Crippen LogP contribution in [0.2, 0.25) is 0 Å². The molecule has 0 spiro atoms. The predicted octanol–water partition coefficient (Wildman–Crippen LogP) is 3.80. The first-order valence-electron chi connectivity index (χ1n) is 9.21. The number of benzene rings is 2. The fraction of sp³-hybridized carbons (Fsp3) is 0.409. The molecule has 0 aliphatic carbocycles. The summed E-state index contributed by atoms with van der Waals surface area (Å²) in [7, 11) is 0. The third kappa shape index (κ3) is 4.77. The summed E-state index contributed by atoms with van der Waals surface area (Å²) in [6.07, 6.45) is 3.84. The van der Waals surface area contributed by atoms with Gasteiger partial charge in [-0.05, 0) is 61.9 Å². The number of hydrogen-bond acceptors (Lipinski definition) is 3. The van der Waals surface area contributed by atoms with Crippen molar-refractivity contribution in [3.63, 3.8) is 0 Å². The van der Waals surface area contributed by atoms with Crippen LogP contribution in [0.1, 0.15) is 52.9 Å². The van der Waals surface area contributed by atoms with Crippen molar-refractivity contribution in [3.8, 4) is 0 Å². The molecule has 2 aromatic carbocycles. The number of Topliss-reactive ketones (excluding diaryl/α,β-unsaturated/α-hetero) is 1. The first-order valence-corrected chi connectivity index (χ1v) is 9.21. The minimum atomic E-state index is -0.465. The lowest BCUT2D eigenvalue weighted by Crippen LogP contribution is -2.29. The van der Waals surface area contributed by atoms with E-state index in [0.717, 1.165) is 55.5 Å². The summed E-state index contributed by atoms with van der Waals surface area (Å²) in [5, 5.41) is 10.5. The van der Waals surface area contributed by atoms with Crippen molar-refractivity contribution < 1.29 is 9.90 Å². The fourth-order valence-corrected chi connectivity index (χ4v) is 3.59. The number of aryl methyl sites for hydroxylation is 1. The molecule has 2 aromatic rings. The van der Waals surface area contributed by atoms with E-state index >= 15 is 0 Å². The molecular formula is C22H27NO2. The number of β-amino-alcohol motifs (C(OH)–C–C–N with tert-alkyl or cyclic N) is 1. The third-order valence-electron chi connectivity index (χ3n) is 5.07. The molecule has 0 bridgehead atoms. The first-order chi connectivity index (χ1) is 12.1. The molecule has 25 heavy (non-hydrogen) atoms. The molecule has 1 N–H and O–H groups in total. The topological polar surface area (TPSA) is 40.5 Å². The van der Waals surface area contributed by atoms with Crippen LogP contribution >= 0.6 is 0 Å². The molecule has 3 heteroatoms. The lowest BCUT2D eigenvalue weighted by molar-refractivity contribution is 0.101. The Hall–Kier alpha value is -1.97. The van der Waals surface area contributed by atoms with Crippen LogP contribution in [0.15, 0.2) is 48.5 Å². The standard InChI is InChI=1S/C22H27NO2/c1-17(24)19-10-11-21-20(15-19)12-14-23(16-22(21)25)13-6-5-9-18-7-3-2-4-8-18/h2-4,7-8,10-11,15,22,25H,5-6,9,12-14,16H2,1H3. The maximum absolute atomic E-state index is 11.6. The molecule has 1 unspecified atom stereocenters. The van der Waals surface area contributed by atoms with Crippen LogP contribution in [-0.2, 0) is 12.8 Å². The molecule has 3 nitrogen and oxygen atoms in total. The first kappa shape index (κ1) is 17.8. The van der Waals surface area contributed by atoms with E-state index in [9.17, 15) is 9.90 Å². The number of aliphatic hydroxyl groups is 1. The highest BCUT2D eigenvalue weighted by molar-refractivity contribution is 5.94. The largest absolute Gasteiger partial charge is 0.387 e. The number of aliphatic hydroxyl groups excluding tert-OH is 1. The average Bonchev–Trinajstić information content (AvgIpc) is 2.78. The molecule has 0 radical (unpaired) electrons. The van der Waals surface area contributed by atoms with E-state index in [1.54, 1.807) is 6.92 Å². The molecular weight excluding hydrogens is 310 g/mol. The van der Waals surface area contributed by atoms with Gasteiger partial charge in [-0.25, -0.2) is 0 Å². The van der Waals surface area contributed by atoms with E-state index < -0.39 is 6.10 Å². The Morgan fingerprint density at radius 3 is 2.72 bits per heavy atom. The smallest absolute Gasteiger partial charge is 0.159 e. The zero-order chi connectivity index (χ0) is 17.6. The second kappa shape index (κ2) is 8.41. The zero-order valence-corrected chi connectivity index (χ0v) is 14.9. The molecule has 1 atom stereocenters. The van der Waals surface area contributed by atoms with Gasteiger partial charge in [0.2, 0.25) is 0 Å². The molecule has 132 valence electrons. The molecule has 3 rings (SSSR count). The van der Waals surface area contributed by atoms with Crippen LogP contribution in [0.25, 0.3) is 0 Å². The number of ketones is 1. The molecule has 0 aromatic heterocycles. The van der Waals surface area contributed by atoms with Gasteiger partial charge in [-0.2, -0.15) is 0 Å². The number of carbonyl (C=O) groups excluding carboxylic acids is 1. The zero-order valence-electron chi connectivity index (χ0n) is 14.9. The summed E-state index contributed by atoms with van der Waals surface area (Å²) in [6.45, 7) is 4.22. The minimum absolute atomic E-state index is 0.0827. The van der Waals surface area contributed by atoms with Crippen molar-refractivity contribution in [2.45, 2.75) is 38.7 Å². The number of fused-ring (bicyclic) bond motifs is 1. The fourth-order valence-electron chi connectivity index (χ4n) is 3.59. The maximum atomic E-state index is 11.6. The predicted molar refractivity (Wildman–Crippen MR) is 101 cm³/mol. The lowest BCUT2D eigenvalue weighted by atomic mass is 9.97. The summed E-state index contributed by atoms with van der Waals surface area (Å²) in [5.74, 6) is 0.0827. The van der Waals surface area contributed by atoms with Crippen LogP contribution in [0, 0.1) is 0 Å². The van der Waals surface area contributed by atoms with Gasteiger partial charge in [-0.3, -0.25) is 4.79 Å². The van der Waals surface area contributed by atoms with Crippen molar-refractivity contribution in [3.05, 3.63) is 70.8 Å². The number of rotatable bonds is 6. The van der Waals surface area contributed by atoms with Gasteiger partial charge in [0.1, 0.15) is 0 Å². The van der Waals surface area contributed by atoms with Crippen LogP contribution in [0.4, 0.5) is 0 Å². The van der Waals surface area contributed by atoms with Crippen LogP contribution < -0.4 is 0 Å². The minimum Gasteiger partial charge on any atom is -0.387 e. The van der Waals surface area contributed by atoms with E-state index in [2.05, 4.69) is 35.2 Å². The highest BCUT2D eigenvalue weighted by atomic mass is 16.3. The summed E-state index contributed by atoms with van der Waals surface area (Å²) >= 11 is 0. The Balaban J connectivity index is 1.53. The number of hydrogen-bond donors (Lipinski definition) is 1. The highest BCUT2D eigenvalue weighted by Crippen LogP contribution is 2.25. The van der Waals surface area contributed by atoms with E-state index in [1.807, 2.05) is 18.2 Å². The van der Waals surface area contributed by atoms with E-state index in [1.165, 1.54) is 5.56 Å². The normalized spacial score (nSPS) is 17.8. The SMILES string of the molecule is CC(=O)c1ccc2c(c1)CCN(CCCCc1ccccc1)CC2O. The van der Waals surface area contributed by atoms with Crippen molar-refractivity contribution in [2.75, 3.05) is 19.6 Å². The maximum Gasteiger partial charge on any atom is 0.159 e. The Kier molecular flexibility index (Phi) is 6.00. The van der Waals surface area contributed by atoms with Crippen LogP contribution in [0.5, 0.6) is 0 Å². The van der Waals surface area contributed by atoms with Crippen molar-refractivity contribution >= 4 is 5.78 Å². The van der Waals surface area contributed by atoms with Crippen LogP contribution in [-0.4, -0.2) is 35.4 Å². The summed E-state index contributed by atoms with van der Waals surface area (Å²) in [6, 6.07) is 16.3. The highest BCUT2D eigenvalue weighted by Gasteiger charge is 2.21. The Morgan fingerprint density at radius 1 is 1.16 bits per heavy atom. The van der Waals surface area contributed by atoms with Crippen molar-refractivity contribution in [2.24, 2.45) is 0 Å². The van der Waals surface area contributed by atoms with Gasteiger partial charge in [0.15, 0.2) is 5.78 Å². The van der Waals surface area contributed by atoms with Gasteiger partial charge in [0.05, 0.1) is 6.10 Å². The van der Waals surface area contributed by atoms with Crippen molar-refractivity contribution in [1.29, 1.82) is 0 Å². The summed E-state index contributed by atoms with van der Waals surface area (Å²) < 4.78 is 0. The van der Waals surface area contributed by atoms with Gasteiger partial charge in [-0.1, -0.05) is 42.5 Å². The van der Waals surface area contributed by atoms with Gasteiger partial charge >= 0.3 is 0 Å². The van der Waals surface area contributed by atoms with Gasteiger partial charge in [0.25, 0.3) is 0 Å². The molecule has 0 saturated heterocycles. The number of nitrogens with zero attached hydrogens (tertiary/aromatic N) is 1. The molecule has 1 heterocycles. The van der Waals surface area contributed by atoms with Gasteiger partial charge in [0, 0.05) is 18.7 Å². The molecule has 1 aliphatic rings. The van der Waals surface area contributed by atoms with E-state index in [0.29, 0.717) is 6.54 Å². The summed E-state index contributed by atoms with van der Waals surface area (Å²) in [4.78, 5) is 13.9. The van der Waals surface area contributed by atoms with Gasteiger partial charge in [-0.15, -0.1) is 0 Å². The molecule has 0 amide bonds. The molecule has 1 aliphatic heterocycles. The third-order valence-corrected chi connectivity index (χ3v) is 5.07. The van der Waals surface area contributed by atoms with Gasteiger partial charge < -0.3 is 10.0 Å². The Labute approximate surface area is 150 Å². The monoisotopic (exact) mass is 337 g/mol. The Bertz CT molecular complexity index is 711. The number of unbranched alkanes of at least 4 members (excludes halogenated alkanes) is 1. The van der Waals surface area contributed by atoms with Crippen molar-refractivity contribution in [1.82, 2.24) is 4.90 Å². The molecule has 0 saturated carbocycles. The second-order valence-electron chi connectivity index (χ2n) is 6.98. The number of carbonyl (C=O) groups is 1. The quantitative estimate of drug-likeness (QED) is 0.644. The molecule has 0 fully saturated rings. The lowest BCUT2D eigenvalue weighted by Gasteiger charge is -2.22. The second-order valence-corrected chi connectivity index (χ2v) is 6.98. The van der Waals surface area contributed by atoms with Crippen LogP contribution in [0.3, 0.4) is 0 Å². The summed E-state index contributed by atoms with van der Waals surface area (Å²) in [5.41, 5.74) is 4.23. The Morgan fingerprint density at radius 2 is 1.96 bits per heavy atom. The van der Waals surface area contributed by atoms with E-state index in [-0.39, 0.29) is 5.78 Å².